The maximum atomic E-state index is 6.31. The van der Waals surface area contributed by atoms with Gasteiger partial charge in [-0.15, -0.1) is 0 Å². The molecule has 2 heterocycles. The van der Waals surface area contributed by atoms with Crippen molar-refractivity contribution >= 4 is 71.7 Å². The van der Waals surface area contributed by atoms with E-state index in [2.05, 4.69) is 157 Å². The van der Waals surface area contributed by atoms with E-state index in [0.29, 0.717) is 0 Å². The molecule has 0 bridgehead atoms. The highest BCUT2D eigenvalue weighted by atomic mass is 16.3. The summed E-state index contributed by atoms with van der Waals surface area (Å²) in [6.45, 7) is 0. The van der Waals surface area contributed by atoms with Crippen LogP contribution < -0.4 is 4.90 Å². The van der Waals surface area contributed by atoms with Crippen molar-refractivity contribution in [2.45, 2.75) is 0 Å². The lowest BCUT2D eigenvalue weighted by molar-refractivity contribution is 0.669. The number of rotatable bonds is 5. The average molecular weight is 628 g/mol. The Morgan fingerprint density at radius 3 is 1.67 bits per heavy atom. The Balaban J connectivity index is 1.08. The molecule has 2 aromatic heterocycles. The molecule has 49 heavy (non-hydrogen) atoms. The maximum Gasteiger partial charge on any atom is 0.143 e. The smallest absolute Gasteiger partial charge is 0.143 e. The summed E-state index contributed by atoms with van der Waals surface area (Å²) in [5, 5.41) is 6.78. The summed E-state index contributed by atoms with van der Waals surface area (Å²) < 4.78 is 12.6. The van der Waals surface area contributed by atoms with Crippen LogP contribution in [0.3, 0.4) is 0 Å². The molecule has 0 aliphatic carbocycles. The second kappa shape index (κ2) is 11.0. The van der Waals surface area contributed by atoms with Gasteiger partial charge in [0.05, 0.1) is 11.1 Å². The summed E-state index contributed by atoms with van der Waals surface area (Å²) in [6.07, 6.45) is 0. The Kier molecular flexibility index (Phi) is 6.18. The Hall–Kier alpha value is -6.58. The van der Waals surface area contributed by atoms with E-state index in [-0.39, 0.29) is 0 Å². The Bertz CT molecular complexity index is 2810. The minimum absolute atomic E-state index is 0.871. The van der Waals surface area contributed by atoms with Gasteiger partial charge in [0.2, 0.25) is 0 Å². The van der Waals surface area contributed by atoms with E-state index in [9.17, 15) is 0 Å². The van der Waals surface area contributed by atoms with E-state index >= 15 is 0 Å². The normalized spacial score (nSPS) is 11.7. The third-order valence-electron chi connectivity index (χ3n) is 9.67. The second-order valence-electron chi connectivity index (χ2n) is 12.5. The van der Waals surface area contributed by atoms with Gasteiger partial charge in [-0.2, -0.15) is 0 Å². The van der Waals surface area contributed by atoms with E-state index in [1.165, 1.54) is 11.1 Å². The number of benzene rings is 8. The molecule has 230 valence electrons. The molecule has 8 aromatic carbocycles. The van der Waals surface area contributed by atoms with Crippen molar-refractivity contribution in [1.82, 2.24) is 0 Å². The fraction of sp³-hybridized carbons (Fsp3) is 0. The summed E-state index contributed by atoms with van der Waals surface area (Å²) in [6, 6.07) is 62.1. The number of hydrogen-bond acceptors (Lipinski definition) is 3. The van der Waals surface area contributed by atoms with E-state index in [1.54, 1.807) is 0 Å². The molecule has 3 heteroatoms. The van der Waals surface area contributed by atoms with Crippen LogP contribution in [0.5, 0.6) is 0 Å². The molecule has 0 N–H and O–H groups in total. The predicted molar refractivity (Wildman–Crippen MR) is 204 cm³/mol. The number of hydrogen-bond donors (Lipinski definition) is 0. The molecule has 0 radical (unpaired) electrons. The van der Waals surface area contributed by atoms with Gasteiger partial charge in [-0.3, -0.25) is 0 Å². The van der Waals surface area contributed by atoms with Crippen molar-refractivity contribution in [2.75, 3.05) is 4.90 Å². The van der Waals surface area contributed by atoms with E-state index in [4.69, 9.17) is 8.83 Å². The number of fused-ring (bicyclic) bond motifs is 8. The van der Waals surface area contributed by atoms with Crippen LogP contribution in [-0.2, 0) is 0 Å². The summed E-state index contributed by atoms with van der Waals surface area (Å²) in [5.74, 6) is 0. The van der Waals surface area contributed by atoms with Crippen LogP contribution in [0.4, 0.5) is 17.1 Å². The zero-order chi connectivity index (χ0) is 32.3. The monoisotopic (exact) mass is 627 g/mol. The third-order valence-corrected chi connectivity index (χ3v) is 9.67. The average Bonchev–Trinajstić information content (AvgIpc) is 3.75. The topological polar surface area (TPSA) is 29.5 Å². The largest absolute Gasteiger partial charge is 0.456 e. The number of furan rings is 2. The van der Waals surface area contributed by atoms with Gasteiger partial charge >= 0.3 is 0 Å². The standard InChI is InChI=1S/C46H29NO2/c1-2-9-30(10-3-1)31-17-23-35(24-18-31)47(41-13-8-16-44-45(41)40-12-5-7-15-43(40)48-44)36-25-19-32(20-26-36)33-21-27-37-34(29-33)22-28-39-38-11-4-6-14-42(38)49-46(37)39/h1-29H. The molecule has 0 saturated heterocycles. The molecule has 0 aliphatic rings. The molecular formula is C46H29NO2. The first kappa shape index (κ1) is 27.5. The summed E-state index contributed by atoms with van der Waals surface area (Å²) in [5.41, 5.74) is 11.5. The van der Waals surface area contributed by atoms with E-state index < -0.39 is 0 Å². The first-order valence-electron chi connectivity index (χ1n) is 16.6. The summed E-state index contributed by atoms with van der Waals surface area (Å²) >= 11 is 0. The molecule has 10 rings (SSSR count). The zero-order valence-electron chi connectivity index (χ0n) is 26.5. The molecule has 0 unspecified atom stereocenters. The van der Waals surface area contributed by atoms with Gasteiger partial charge < -0.3 is 13.7 Å². The van der Waals surface area contributed by atoms with Gasteiger partial charge in [0.1, 0.15) is 22.3 Å². The van der Waals surface area contributed by atoms with Crippen molar-refractivity contribution in [2.24, 2.45) is 0 Å². The minimum atomic E-state index is 0.871. The van der Waals surface area contributed by atoms with Crippen LogP contribution in [0, 0.1) is 0 Å². The highest BCUT2D eigenvalue weighted by Crippen LogP contribution is 2.44. The first-order chi connectivity index (χ1) is 24.3. The lowest BCUT2D eigenvalue weighted by Crippen LogP contribution is -2.10. The van der Waals surface area contributed by atoms with Gasteiger partial charge in [-0.05, 0) is 94.4 Å². The third kappa shape index (κ3) is 4.51. The summed E-state index contributed by atoms with van der Waals surface area (Å²) in [4.78, 5) is 2.33. The Morgan fingerprint density at radius 1 is 0.347 bits per heavy atom. The van der Waals surface area contributed by atoms with E-state index in [0.717, 1.165) is 82.8 Å². The second-order valence-corrected chi connectivity index (χ2v) is 12.5. The van der Waals surface area contributed by atoms with Crippen molar-refractivity contribution < 1.29 is 8.83 Å². The Labute approximate surface area is 282 Å². The molecule has 10 aromatic rings. The SMILES string of the molecule is c1ccc(-c2ccc(N(c3ccc(-c4ccc5c(ccc6c7ccccc7oc56)c4)cc3)c3cccc4oc5ccccc5c34)cc2)cc1. The molecule has 0 amide bonds. The highest BCUT2D eigenvalue weighted by Gasteiger charge is 2.20. The van der Waals surface area contributed by atoms with Gasteiger partial charge in [0.25, 0.3) is 0 Å². The van der Waals surface area contributed by atoms with Crippen LogP contribution in [-0.4, -0.2) is 0 Å². The van der Waals surface area contributed by atoms with Crippen LogP contribution in [0.2, 0.25) is 0 Å². The molecule has 0 fully saturated rings. The number of para-hydroxylation sites is 2. The first-order valence-corrected chi connectivity index (χ1v) is 16.6. The van der Waals surface area contributed by atoms with Gasteiger partial charge in [0.15, 0.2) is 0 Å². The molecule has 0 spiro atoms. The van der Waals surface area contributed by atoms with Gasteiger partial charge in [0, 0.05) is 32.9 Å². The lowest BCUT2D eigenvalue weighted by Gasteiger charge is -2.26. The predicted octanol–water partition coefficient (Wildman–Crippen LogP) is 13.4. The van der Waals surface area contributed by atoms with Crippen LogP contribution in [0.15, 0.2) is 185 Å². The van der Waals surface area contributed by atoms with Gasteiger partial charge in [-0.25, -0.2) is 0 Å². The van der Waals surface area contributed by atoms with Crippen molar-refractivity contribution in [3.05, 3.63) is 176 Å². The quantitative estimate of drug-likeness (QED) is 0.190. The molecule has 3 nitrogen and oxygen atoms in total. The number of anilines is 3. The fourth-order valence-corrected chi connectivity index (χ4v) is 7.30. The highest BCUT2D eigenvalue weighted by molar-refractivity contribution is 6.16. The molecular weight excluding hydrogens is 599 g/mol. The molecule has 0 aliphatic heterocycles. The number of nitrogens with zero attached hydrogens (tertiary/aromatic N) is 1. The lowest BCUT2D eigenvalue weighted by atomic mass is 9.99. The van der Waals surface area contributed by atoms with Crippen LogP contribution >= 0.6 is 0 Å². The van der Waals surface area contributed by atoms with Crippen molar-refractivity contribution in [1.29, 1.82) is 0 Å². The Morgan fingerprint density at radius 2 is 0.918 bits per heavy atom. The van der Waals surface area contributed by atoms with Crippen molar-refractivity contribution in [3.63, 3.8) is 0 Å². The molecule has 0 saturated carbocycles. The van der Waals surface area contributed by atoms with Gasteiger partial charge in [-0.1, -0.05) is 109 Å². The fourth-order valence-electron chi connectivity index (χ4n) is 7.30. The minimum Gasteiger partial charge on any atom is -0.456 e. The maximum absolute atomic E-state index is 6.31. The summed E-state index contributed by atoms with van der Waals surface area (Å²) in [7, 11) is 0. The van der Waals surface area contributed by atoms with Crippen LogP contribution in [0.1, 0.15) is 0 Å². The van der Waals surface area contributed by atoms with Crippen LogP contribution in [0.25, 0.3) is 76.9 Å². The zero-order valence-corrected chi connectivity index (χ0v) is 26.5. The van der Waals surface area contributed by atoms with E-state index in [1.807, 2.05) is 24.3 Å². The molecule has 0 atom stereocenters. The van der Waals surface area contributed by atoms with Crippen molar-refractivity contribution in [3.8, 4) is 22.3 Å².